The van der Waals surface area contributed by atoms with Gasteiger partial charge in [-0.2, -0.15) is 0 Å². The van der Waals surface area contributed by atoms with E-state index in [4.69, 9.17) is 14.2 Å². The van der Waals surface area contributed by atoms with Crippen molar-refractivity contribution in [1.82, 2.24) is 0 Å². The molecule has 1 heterocycles. The van der Waals surface area contributed by atoms with Crippen molar-refractivity contribution < 1.29 is 19.3 Å². The number of methoxy groups -OCH3 is 1. The van der Waals surface area contributed by atoms with Crippen LogP contribution in [0.25, 0.3) is 11.1 Å². The van der Waals surface area contributed by atoms with Gasteiger partial charge in [0.2, 0.25) is 6.79 Å². The number of ether oxygens (including phenoxy) is 3. The van der Waals surface area contributed by atoms with Crippen LogP contribution in [0.1, 0.15) is 0 Å². The first-order chi connectivity index (χ1) is 8.76. The minimum Gasteiger partial charge on any atom is -0.508 e. The van der Waals surface area contributed by atoms with Crippen molar-refractivity contribution in [2.75, 3.05) is 13.9 Å². The zero-order valence-electron chi connectivity index (χ0n) is 9.84. The van der Waals surface area contributed by atoms with Gasteiger partial charge in [-0.15, -0.1) is 0 Å². The molecule has 0 saturated carbocycles. The first kappa shape index (κ1) is 10.8. The molecule has 2 aromatic rings. The molecule has 1 aliphatic rings. The Kier molecular flexibility index (Phi) is 2.48. The summed E-state index contributed by atoms with van der Waals surface area (Å²) in [6, 6.07) is 10.8. The maximum atomic E-state index is 9.64. The number of fused-ring (bicyclic) bond motifs is 1. The van der Waals surface area contributed by atoms with Crippen molar-refractivity contribution in [1.29, 1.82) is 0 Å². The molecule has 0 unspecified atom stereocenters. The molecule has 18 heavy (non-hydrogen) atoms. The molecule has 0 bridgehead atoms. The van der Waals surface area contributed by atoms with E-state index < -0.39 is 0 Å². The maximum absolute atomic E-state index is 9.64. The molecule has 1 aliphatic heterocycles. The van der Waals surface area contributed by atoms with Crippen LogP contribution >= 0.6 is 0 Å². The van der Waals surface area contributed by atoms with Crippen LogP contribution in [0.5, 0.6) is 23.0 Å². The Balaban J connectivity index is 2.06. The Morgan fingerprint density at radius 2 is 1.83 bits per heavy atom. The van der Waals surface area contributed by atoms with Crippen molar-refractivity contribution in [2.45, 2.75) is 0 Å². The van der Waals surface area contributed by atoms with E-state index in [1.165, 1.54) is 0 Å². The molecular weight excluding hydrogens is 232 g/mol. The molecule has 0 aromatic heterocycles. The van der Waals surface area contributed by atoms with E-state index in [9.17, 15) is 5.11 Å². The summed E-state index contributed by atoms with van der Waals surface area (Å²) in [5.74, 6) is 2.24. The van der Waals surface area contributed by atoms with Gasteiger partial charge in [0.05, 0.1) is 7.11 Å². The average Bonchev–Trinajstić information content (AvgIpc) is 2.85. The molecule has 0 saturated heterocycles. The third kappa shape index (κ3) is 1.82. The molecule has 0 amide bonds. The van der Waals surface area contributed by atoms with Gasteiger partial charge in [-0.3, -0.25) is 0 Å². The second-order valence-electron chi connectivity index (χ2n) is 3.99. The second-order valence-corrected chi connectivity index (χ2v) is 3.99. The molecule has 4 nitrogen and oxygen atoms in total. The molecular formula is C14H12O4. The minimum absolute atomic E-state index is 0.169. The van der Waals surface area contributed by atoms with Crippen molar-refractivity contribution in [3.05, 3.63) is 36.4 Å². The fourth-order valence-electron chi connectivity index (χ4n) is 1.94. The SMILES string of the molecule is COc1cc(O)cc(-c2ccc3c(c2)OCO3)c1. The zero-order valence-corrected chi connectivity index (χ0v) is 9.84. The number of phenolic OH excluding ortho intramolecular Hbond substituents is 1. The number of hydrogen-bond donors (Lipinski definition) is 1. The fraction of sp³-hybridized carbons (Fsp3) is 0.143. The number of rotatable bonds is 2. The predicted octanol–water partition coefficient (Wildman–Crippen LogP) is 2.80. The van der Waals surface area contributed by atoms with E-state index in [0.29, 0.717) is 5.75 Å². The quantitative estimate of drug-likeness (QED) is 0.882. The van der Waals surface area contributed by atoms with Crippen LogP contribution in [-0.4, -0.2) is 19.0 Å². The molecule has 0 aliphatic carbocycles. The van der Waals surface area contributed by atoms with Gasteiger partial charge in [-0.1, -0.05) is 6.07 Å². The highest BCUT2D eigenvalue weighted by molar-refractivity contribution is 5.70. The summed E-state index contributed by atoms with van der Waals surface area (Å²) >= 11 is 0. The lowest BCUT2D eigenvalue weighted by molar-refractivity contribution is 0.174. The van der Waals surface area contributed by atoms with Crippen molar-refractivity contribution in [3.8, 4) is 34.1 Å². The molecule has 0 fully saturated rings. The average molecular weight is 244 g/mol. The van der Waals surface area contributed by atoms with Crippen LogP contribution in [0.15, 0.2) is 36.4 Å². The standard InChI is InChI=1S/C14H12O4/c1-16-12-5-10(4-11(15)7-12)9-2-3-13-14(6-9)18-8-17-13/h2-7,15H,8H2,1H3. The van der Waals surface area contributed by atoms with Gasteiger partial charge < -0.3 is 19.3 Å². The molecule has 92 valence electrons. The van der Waals surface area contributed by atoms with Crippen LogP contribution in [0, 0.1) is 0 Å². The molecule has 1 N–H and O–H groups in total. The van der Waals surface area contributed by atoms with Crippen LogP contribution in [0.3, 0.4) is 0 Å². The van der Waals surface area contributed by atoms with Gasteiger partial charge in [0.1, 0.15) is 11.5 Å². The van der Waals surface area contributed by atoms with Crippen LogP contribution < -0.4 is 14.2 Å². The van der Waals surface area contributed by atoms with Gasteiger partial charge in [0.25, 0.3) is 0 Å². The van der Waals surface area contributed by atoms with Gasteiger partial charge >= 0.3 is 0 Å². The van der Waals surface area contributed by atoms with Crippen LogP contribution in [0.2, 0.25) is 0 Å². The molecule has 2 aromatic carbocycles. The number of benzene rings is 2. The number of phenols is 1. The molecule has 0 radical (unpaired) electrons. The van der Waals surface area contributed by atoms with Gasteiger partial charge in [-0.05, 0) is 35.4 Å². The van der Waals surface area contributed by atoms with Gasteiger partial charge in [0.15, 0.2) is 11.5 Å². The Labute approximate surface area is 104 Å². The highest BCUT2D eigenvalue weighted by atomic mass is 16.7. The Morgan fingerprint density at radius 1 is 1.00 bits per heavy atom. The van der Waals surface area contributed by atoms with Crippen LogP contribution in [0.4, 0.5) is 0 Å². The third-order valence-corrected chi connectivity index (χ3v) is 2.83. The summed E-state index contributed by atoms with van der Waals surface area (Å²) in [6.45, 7) is 0.252. The van der Waals surface area contributed by atoms with E-state index in [1.54, 1.807) is 19.2 Å². The van der Waals surface area contributed by atoms with E-state index in [2.05, 4.69) is 0 Å². The maximum Gasteiger partial charge on any atom is 0.231 e. The number of hydrogen-bond acceptors (Lipinski definition) is 4. The van der Waals surface area contributed by atoms with Crippen molar-refractivity contribution >= 4 is 0 Å². The normalized spacial score (nSPS) is 12.5. The summed E-state index contributed by atoms with van der Waals surface area (Å²) in [4.78, 5) is 0. The smallest absolute Gasteiger partial charge is 0.231 e. The minimum atomic E-state index is 0.169. The Hall–Kier alpha value is -2.36. The molecule has 4 heteroatoms. The second kappa shape index (κ2) is 4.14. The van der Waals surface area contributed by atoms with Crippen LogP contribution in [-0.2, 0) is 0 Å². The first-order valence-corrected chi connectivity index (χ1v) is 5.54. The monoisotopic (exact) mass is 244 g/mol. The summed E-state index contributed by atoms with van der Waals surface area (Å²) < 4.78 is 15.7. The van der Waals surface area contributed by atoms with Gasteiger partial charge in [-0.25, -0.2) is 0 Å². The van der Waals surface area contributed by atoms with E-state index in [1.807, 2.05) is 24.3 Å². The van der Waals surface area contributed by atoms with Crippen molar-refractivity contribution in [3.63, 3.8) is 0 Å². The lowest BCUT2D eigenvalue weighted by atomic mass is 10.0. The number of aromatic hydroxyl groups is 1. The van der Waals surface area contributed by atoms with E-state index in [-0.39, 0.29) is 12.5 Å². The summed E-state index contributed by atoms with van der Waals surface area (Å²) in [5.41, 5.74) is 1.80. The van der Waals surface area contributed by atoms with E-state index >= 15 is 0 Å². The highest BCUT2D eigenvalue weighted by Gasteiger charge is 2.14. The Bertz CT molecular complexity index is 592. The summed E-state index contributed by atoms with van der Waals surface area (Å²) in [7, 11) is 1.57. The summed E-state index contributed by atoms with van der Waals surface area (Å²) in [6.07, 6.45) is 0. The largest absolute Gasteiger partial charge is 0.508 e. The van der Waals surface area contributed by atoms with Crippen molar-refractivity contribution in [2.24, 2.45) is 0 Å². The lowest BCUT2D eigenvalue weighted by Crippen LogP contribution is -1.92. The third-order valence-electron chi connectivity index (χ3n) is 2.83. The highest BCUT2D eigenvalue weighted by Crippen LogP contribution is 2.37. The topological polar surface area (TPSA) is 47.9 Å². The first-order valence-electron chi connectivity index (χ1n) is 5.54. The molecule has 0 atom stereocenters. The zero-order chi connectivity index (χ0) is 12.5. The summed E-state index contributed by atoms with van der Waals surface area (Å²) in [5, 5.41) is 9.64. The lowest BCUT2D eigenvalue weighted by Gasteiger charge is -2.07. The molecule has 0 spiro atoms. The van der Waals surface area contributed by atoms with Gasteiger partial charge in [0, 0.05) is 6.07 Å². The van der Waals surface area contributed by atoms with E-state index in [0.717, 1.165) is 22.6 Å². The molecule has 3 rings (SSSR count). The Morgan fingerprint density at radius 3 is 2.67 bits per heavy atom. The fourth-order valence-corrected chi connectivity index (χ4v) is 1.94. The predicted molar refractivity (Wildman–Crippen MR) is 66.2 cm³/mol.